The normalized spacial score (nSPS) is 16.8. The predicted molar refractivity (Wildman–Crippen MR) is 120 cm³/mol. The van der Waals surface area contributed by atoms with Crippen molar-refractivity contribution in [1.82, 2.24) is 0 Å². The highest BCUT2D eigenvalue weighted by Gasteiger charge is 2.31. The lowest BCUT2D eigenvalue weighted by molar-refractivity contribution is 0.381. The molecule has 0 saturated heterocycles. The topological polar surface area (TPSA) is 9.23 Å². The molecule has 1 saturated carbocycles. The maximum absolute atomic E-state index is 5.96. The van der Waals surface area contributed by atoms with Crippen molar-refractivity contribution in [2.75, 3.05) is 7.11 Å². The van der Waals surface area contributed by atoms with Crippen LogP contribution in [0, 0.1) is 5.92 Å². The monoisotopic (exact) mass is 374 g/mol. The minimum Gasteiger partial charge on any atom is -0.496 e. The number of allylic oxidation sites excluding steroid dienone is 1. The summed E-state index contributed by atoms with van der Waals surface area (Å²) in [7, 11) is 1.81. The van der Waals surface area contributed by atoms with Gasteiger partial charge in [0.25, 0.3) is 0 Å². The van der Waals surface area contributed by atoms with Gasteiger partial charge in [-0.15, -0.1) is 0 Å². The molecule has 148 valence electrons. The molecule has 2 aromatic rings. The second-order valence-corrected chi connectivity index (χ2v) is 10.7. The van der Waals surface area contributed by atoms with Crippen LogP contribution in [0.2, 0.25) is 0 Å². The van der Waals surface area contributed by atoms with Crippen LogP contribution in [0.4, 0.5) is 0 Å². The first-order valence-electron chi connectivity index (χ1n) is 10.7. The summed E-state index contributed by atoms with van der Waals surface area (Å²) in [6.07, 6.45) is 6.38. The summed E-state index contributed by atoms with van der Waals surface area (Å²) in [5.74, 6) is 1.89. The van der Waals surface area contributed by atoms with Crippen molar-refractivity contribution in [1.29, 1.82) is 0 Å². The summed E-state index contributed by atoms with van der Waals surface area (Å²) in [6.45, 7) is 13.7. The molecule has 0 spiro atoms. The van der Waals surface area contributed by atoms with E-state index in [4.69, 9.17) is 4.74 Å². The molecule has 0 amide bonds. The van der Waals surface area contributed by atoms with Gasteiger partial charge in [0.1, 0.15) is 5.75 Å². The summed E-state index contributed by atoms with van der Waals surface area (Å²) < 4.78 is 5.96. The average molecular weight is 375 g/mol. The molecule has 0 atom stereocenters. The van der Waals surface area contributed by atoms with Gasteiger partial charge in [-0.3, -0.25) is 0 Å². The van der Waals surface area contributed by atoms with E-state index in [-0.39, 0.29) is 10.8 Å². The summed E-state index contributed by atoms with van der Waals surface area (Å²) in [4.78, 5) is 0. The number of rotatable bonds is 3. The first kappa shape index (κ1) is 19.3. The van der Waals surface area contributed by atoms with Gasteiger partial charge in [0, 0.05) is 11.1 Å². The highest BCUT2D eigenvalue weighted by atomic mass is 16.5. The third-order valence-corrected chi connectivity index (χ3v) is 6.24. The molecule has 0 bridgehead atoms. The van der Waals surface area contributed by atoms with Crippen LogP contribution in [0.1, 0.15) is 76.6 Å². The molecule has 1 nitrogen and oxygen atoms in total. The lowest BCUT2D eigenvalue weighted by atomic mass is 9.77. The Kier molecular flexibility index (Phi) is 4.49. The molecule has 1 heteroatoms. The van der Waals surface area contributed by atoms with Crippen molar-refractivity contribution in [2.24, 2.45) is 5.92 Å². The van der Waals surface area contributed by atoms with Gasteiger partial charge in [-0.25, -0.2) is 0 Å². The Hall–Kier alpha value is -2.02. The lowest BCUT2D eigenvalue weighted by Gasteiger charge is -2.30. The molecule has 2 aliphatic carbocycles. The molecule has 2 aliphatic rings. The van der Waals surface area contributed by atoms with E-state index in [0.29, 0.717) is 0 Å². The zero-order valence-corrected chi connectivity index (χ0v) is 18.6. The van der Waals surface area contributed by atoms with Crippen molar-refractivity contribution < 1.29 is 4.74 Å². The number of methoxy groups -OCH3 is 1. The fourth-order valence-corrected chi connectivity index (χ4v) is 4.48. The van der Waals surface area contributed by atoms with Gasteiger partial charge >= 0.3 is 0 Å². The minimum atomic E-state index is 0.0221. The number of hydrogen-bond acceptors (Lipinski definition) is 1. The number of hydrogen-bond donors (Lipinski definition) is 0. The van der Waals surface area contributed by atoms with Gasteiger partial charge in [0.15, 0.2) is 0 Å². The summed E-state index contributed by atoms with van der Waals surface area (Å²) in [5, 5.41) is 0. The van der Waals surface area contributed by atoms with E-state index in [1.54, 1.807) is 5.57 Å². The van der Waals surface area contributed by atoms with Crippen LogP contribution in [0.15, 0.2) is 35.9 Å². The molecule has 28 heavy (non-hydrogen) atoms. The molecule has 0 heterocycles. The average Bonchev–Trinajstić information content (AvgIpc) is 3.37. The Morgan fingerprint density at radius 1 is 0.893 bits per heavy atom. The van der Waals surface area contributed by atoms with Gasteiger partial charge in [-0.05, 0) is 70.4 Å². The van der Waals surface area contributed by atoms with Gasteiger partial charge in [-0.1, -0.05) is 71.4 Å². The van der Waals surface area contributed by atoms with Gasteiger partial charge in [0.2, 0.25) is 0 Å². The third kappa shape index (κ3) is 3.41. The Morgan fingerprint density at radius 3 is 2.00 bits per heavy atom. The van der Waals surface area contributed by atoms with Crippen LogP contribution in [0.5, 0.6) is 5.75 Å². The van der Waals surface area contributed by atoms with Gasteiger partial charge in [0.05, 0.1) is 7.11 Å². The summed E-state index contributed by atoms with van der Waals surface area (Å²) in [6, 6.07) is 11.6. The fourth-order valence-electron chi connectivity index (χ4n) is 4.48. The van der Waals surface area contributed by atoms with Crippen LogP contribution < -0.4 is 4.74 Å². The van der Waals surface area contributed by atoms with E-state index in [1.807, 2.05) is 7.11 Å². The van der Waals surface area contributed by atoms with E-state index in [1.165, 1.54) is 46.2 Å². The molecule has 2 aromatic carbocycles. The van der Waals surface area contributed by atoms with E-state index in [9.17, 15) is 0 Å². The number of fused-ring (bicyclic) bond motifs is 1. The first-order chi connectivity index (χ1) is 13.1. The second kappa shape index (κ2) is 6.51. The van der Waals surface area contributed by atoms with Crippen LogP contribution >= 0.6 is 0 Å². The van der Waals surface area contributed by atoms with Crippen LogP contribution in [0.3, 0.4) is 0 Å². The largest absolute Gasteiger partial charge is 0.496 e. The standard InChI is InChI=1S/C27H34O/c1-26(2,3)23-15-20(16-24(25(23)28-7)27(4,5)6)21-10-8-9-18-13-19(14-22(18)21)17-11-12-17/h8-10,14-17H,11-13H2,1-7H3. The van der Waals surface area contributed by atoms with E-state index in [2.05, 4.69) is 78.0 Å². The third-order valence-electron chi connectivity index (χ3n) is 6.24. The SMILES string of the molecule is COc1c(C(C)(C)C)cc(-c2cccc3c2C=C(C2CC2)C3)cc1C(C)(C)C. The molecule has 0 radical (unpaired) electrons. The van der Waals surface area contributed by atoms with Crippen molar-refractivity contribution in [3.63, 3.8) is 0 Å². The Morgan fingerprint density at radius 2 is 1.50 bits per heavy atom. The lowest BCUT2D eigenvalue weighted by Crippen LogP contribution is -2.19. The van der Waals surface area contributed by atoms with Crippen LogP contribution in [-0.4, -0.2) is 7.11 Å². The van der Waals surface area contributed by atoms with E-state index < -0.39 is 0 Å². The maximum Gasteiger partial charge on any atom is 0.126 e. The predicted octanol–water partition coefficient (Wildman–Crippen LogP) is 7.31. The Bertz CT molecular complexity index is 908. The van der Waals surface area contributed by atoms with Crippen LogP contribution in [-0.2, 0) is 17.3 Å². The molecule has 0 unspecified atom stereocenters. The van der Waals surface area contributed by atoms with Gasteiger partial charge in [-0.2, -0.15) is 0 Å². The Balaban J connectivity index is 1.94. The fraction of sp³-hybridized carbons (Fsp3) is 0.481. The van der Waals surface area contributed by atoms with E-state index in [0.717, 1.165) is 18.1 Å². The van der Waals surface area contributed by atoms with Crippen LogP contribution in [0.25, 0.3) is 17.2 Å². The molecule has 0 aromatic heterocycles. The molecular formula is C27H34O. The van der Waals surface area contributed by atoms with Crippen molar-refractivity contribution in [2.45, 2.75) is 71.6 Å². The van der Waals surface area contributed by atoms with Crippen molar-refractivity contribution in [3.05, 3.63) is 58.2 Å². The highest BCUT2D eigenvalue weighted by Crippen LogP contribution is 2.47. The zero-order chi connectivity index (χ0) is 20.3. The van der Waals surface area contributed by atoms with Gasteiger partial charge < -0.3 is 4.74 Å². The Labute approximate surface area is 170 Å². The minimum absolute atomic E-state index is 0.0221. The molecule has 0 N–H and O–H groups in total. The number of benzene rings is 2. The van der Waals surface area contributed by atoms with E-state index >= 15 is 0 Å². The smallest absolute Gasteiger partial charge is 0.126 e. The highest BCUT2D eigenvalue weighted by molar-refractivity contribution is 5.82. The second-order valence-electron chi connectivity index (χ2n) is 10.7. The maximum atomic E-state index is 5.96. The number of ether oxygens (including phenoxy) is 1. The summed E-state index contributed by atoms with van der Waals surface area (Å²) >= 11 is 0. The molecule has 4 rings (SSSR count). The van der Waals surface area contributed by atoms with Crippen molar-refractivity contribution in [3.8, 4) is 16.9 Å². The molecule has 0 aliphatic heterocycles. The molecular weight excluding hydrogens is 340 g/mol. The molecule has 1 fully saturated rings. The quantitative estimate of drug-likeness (QED) is 0.547. The van der Waals surface area contributed by atoms with Crippen molar-refractivity contribution >= 4 is 6.08 Å². The zero-order valence-electron chi connectivity index (χ0n) is 18.6. The summed E-state index contributed by atoms with van der Waals surface area (Å²) in [5.41, 5.74) is 9.89. The first-order valence-corrected chi connectivity index (χ1v) is 10.7.